The van der Waals surface area contributed by atoms with Crippen molar-refractivity contribution in [3.8, 4) is 0 Å². The molecule has 0 fully saturated rings. The molecule has 0 bridgehead atoms. The van der Waals surface area contributed by atoms with E-state index in [4.69, 9.17) is 5.73 Å². The second-order valence-corrected chi connectivity index (χ2v) is 4.08. The van der Waals surface area contributed by atoms with Gasteiger partial charge in [0, 0.05) is 24.0 Å². The zero-order chi connectivity index (χ0) is 13.0. The van der Waals surface area contributed by atoms with E-state index >= 15 is 0 Å². The molecule has 0 amide bonds. The lowest BCUT2D eigenvalue weighted by Gasteiger charge is -2.07. The lowest BCUT2D eigenvalue weighted by molar-refractivity contribution is 0.580. The van der Waals surface area contributed by atoms with Crippen molar-refractivity contribution in [3.05, 3.63) is 59.7 Å². The van der Waals surface area contributed by atoms with Crippen molar-refractivity contribution in [1.29, 1.82) is 0 Å². The molecule has 2 aromatic carbocycles. The number of nitrogens with one attached hydrogen (secondary N) is 1. The first kappa shape index (κ1) is 12.4. The first-order valence-corrected chi connectivity index (χ1v) is 5.68. The van der Waals surface area contributed by atoms with E-state index in [-0.39, 0.29) is 0 Å². The Morgan fingerprint density at radius 3 is 2.17 bits per heavy atom. The summed E-state index contributed by atoms with van der Waals surface area (Å²) in [5, 5.41) is 3.16. The standard InChI is InChI=1S/C14H14F2N2/c15-11-7-10(8-12(16)9-11)5-6-18-14-3-1-13(17)2-4-14/h1-4,7-9,18H,5-6,17H2. The molecule has 0 heterocycles. The Morgan fingerprint density at radius 2 is 1.56 bits per heavy atom. The van der Waals surface area contributed by atoms with Gasteiger partial charge in [0.15, 0.2) is 0 Å². The molecule has 0 aliphatic carbocycles. The molecule has 0 aliphatic rings. The van der Waals surface area contributed by atoms with E-state index in [1.54, 1.807) is 12.1 Å². The number of anilines is 2. The molecule has 94 valence electrons. The predicted octanol–water partition coefficient (Wildman–Crippen LogP) is 3.20. The number of hydrogen-bond donors (Lipinski definition) is 2. The molecular formula is C14H14F2N2. The first-order chi connectivity index (χ1) is 8.63. The van der Waals surface area contributed by atoms with Gasteiger partial charge in [-0.2, -0.15) is 0 Å². The Labute approximate surface area is 104 Å². The number of nitrogen functional groups attached to an aromatic ring is 1. The summed E-state index contributed by atoms with van der Waals surface area (Å²) in [7, 11) is 0. The summed E-state index contributed by atoms with van der Waals surface area (Å²) in [6, 6.07) is 10.9. The zero-order valence-corrected chi connectivity index (χ0v) is 9.79. The summed E-state index contributed by atoms with van der Waals surface area (Å²) < 4.78 is 25.9. The Morgan fingerprint density at radius 1 is 0.944 bits per heavy atom. The molecule has 0 aliphatic heterocycles. The van der Waals surface area contributed by atoms with Gasteiger partial charge in [-0.15, -0.1) is 0 Å². The maximum atomic E-state index is 12.9. The minimum absolute atomic E-state index is 0.544. The molecule has 0 radical (unpaired) electrons. The molecule has 0 aromatic heterocycles. The fraction of sp³-hybridized carbons (Fsp3) is 0.143. The quantitative estimate of drug-likeness (QED) is 0.815. The minimum atomic E-state index is -0.544. The summed E-state index contributed by atoms with van der Waals surface area (Å²) in [4.78, 5) is 0. The SMILES string of the molecule is Nc1ccc(NCCc2cc(F)cc(F)c2)cc1. The number of benzene rings is 2. The molecule has 2 nitrogen and oxygen atoms in total. The van der Waals surface area contributed by atoms with E-state index in [9.17, 15) is 8.78 Å². The fourth-order valence-electron chi connectivity index (χ4n) is 1.71. The summed E-state index contributed by atoms with van der Waals surface area (Å²) in [5.41, 5.74) is 7.84. The third-order valence-corrected chi connectivity index (χ3v) is 2.58. The maximum Gasteiger partial charge on any atom is 0.126 e. The summed E-state index contributed by atoms with van der Waals surface area (Å²) >= 11 is 0. The molecule has 0 atom stereocenters. The second-order valence-electron chi connectivity index (χ2n) is 4.08. The van der Waals surface area contributed by atoms with Gasteiger partial charge in [-0.3, -0.25) is 0 Å². The van der Waals surface area contributed by atoms with E-state index in [1.165, 1.54) is 12.1 Å². The molecule has 18 heavy (non-hydrogen) atoms. The number of halogens is 2. The van der Waals surface area contributed by atoms with Crippen LogP contribution in [0.2, 0.25) is 0 Å². The van der Waals surface area contributed by atoms with Crippen LogP contribution < -0.4 is 11.1 Å². The van der Waals surface area contributed by atoms with Gasteiger partial charge in [0.25, 0.3) is 0 Å². The lowest BCUT2D eigenvalue weighted by Crippen LogP contribution is -2.05. The van der Waals surface area contributed by atoms with Crippen molar-refractivity contribution in [2.45, 2.75) is 6.42 Å². The van der Waals surface area contributed by atoms with Crippen molar-refractivity contribution >= 4 is 11.4 Å². The Bertz CT molecular complexity index is 504. The highest BCUT2D eigenvalue weighted by Crippen LogP contribution is 2.12. The average molecular weight is 248 g/mol. The van der Waals surface area contributed by atoms with Gasteiger partial charge in [-0.05, 0) is 48.4 Å². The van der Waals surface area contributed by atoms with Crippen LogP contribution in [0.15, 0.2) is 42.5 Å². The largest absolute Gasteiger partial charge is 0.399 e. The molecular weight excluding hydrogens is 234 g/mol. The second kappa shape index (κ2) is 5.49. The third-order valence-electron chi connectivity index (χ3n) is 2.58. The Balaban J connectivity index is 1.90. The van der Waals surface area contributed by atoms with Crippen molar-refractivity contribution < 1.29 is 8.78 Å². The van der Waals surface area contributed by atoms with Crippen LogP contribution in [0.3, 0.4) is 0 Å². The Kier molecular flexibility index (Phi) is 3.77. The van der Waals surface area contributed by atoms with Crippen molar-refractivity contribution in [2.75, 3.05) is 17.6 Å². The normalized spacial score (nSPS) is 10.3. The highest BCUT2D eigenvalue weighted by atomic mass is 19.1. The van der Waals surface area contributed by atoms with E-state index in [1.807, 2.05) is 12.1 Å². The molecule has 0 saturated carbocycles. The third kappa shape index (κ3) is 3.45. The van der Waals surface area contributed by atoms with Crippen LogP contribution in [0.5, 0.6) is 0 Å². The predicted molar refractivity (Wildman–Crippen MR) is 69.4 cm³/mol. The van der Waals surface area contributed by atoms with E-state index in [2.05, 4.69) is 5.32 Å². The zero-order valence-electron chi connectivity index (χ0n) is 9.79. The Hall–Kier alpha value is -2.10. The van der Waals surface area contributed by atoms with Gasteiger partial charge in [0.05, 0.1) is 0 Å². The molecule has 3 N–H and O–H groups in total. The van der Waals surface area contributed by atoms with Crippen LogP contribution in [0, 0.1) is 11.6 Å². The van der Waals surface area contributed by atoms with Crippen molar-refractivity contribution in [3.63, 3.8) is 0 Å². The van der Waals surface area contributed by atoms with Crippen LogP contribution in [-0.4, -0.2) is 6.54 Å². The average Bonchev–Trinajstić information content (AvgIpc) is 2.30. The highest BCUT2D eigenvalue weighted by Gasteiger charge is 2.00. The number of rotatable bonds is 4. The molecule has 2 aromatic rings. The van der Waals surface area contributed by atoms with Crippen molar-refractivity contribution in [2.24, 2.45) is 0 Å². The van der Waals surface area contributed by atoms with Crippen LogP contribution in [0.4, 0.5) is 20.2 Å². The minimum Gasteiger partial charge on any atom is -0.399 e. The highest BCUT2D eigenvalue weighted by molar-refractivity contribution is 5.51. The van der Waals surface area contributed by atoms with Gasteiger partial charge in [-0.25, -0.2) is 8.78 Å². The summed E-state index contributed by atoms with van der Waals surface area (Å²) in [5.74, 6) is -1.09. The van der Waals surface area contributed by atoms with Crippen LogP contribution in [0.1, 0.15) is 5.56 Å². The van der Waals surface area contributed by atoms with E-state index in [0.29, 0.717) is 24.2 Å². The van der Waals surface area contributed by atoms with Crippen LogP contribution in [0.25, 0.3) is 0 Å². The van der Waals surface area contributed by atoms with Crippen molar-refractivity contribution in [1.82, 2.24) is 0 Å². The summed E-state index contributed by atoms with van der Waals surface area (Å²) in [6.07, 6.45) is 0.555. The van der Waals surface area contributed by atoms with E-state index < -0.39 is 11.6 Å². The molecule has 0 saturated heterocycles. The molecule has 0 unspecified atom stereocenters. The van der Waals surface area contributed by atoms with E-state index in [0.717, 1.165) is 11.8 Å². The van der Waals surface area contributed by atoms with Gasteiger partial charge < -0.3 is 11.1 Å². The van der Waals surface area contributed by atoms with Gasteiger partial charge >= 0.3 is 0 Å². The number of nitrogens with two attached hydrogens (primary N) is 1. The molecule has 2 rings (SSSR count). The lowest BCUT2D eigenvalue weighted by atomic mass is 10.1. The summed E-state index contributed by atoms with van der Waals surface area (Å²) in [6.45, 7) is 0.604. The smallest absolute Gasteiger partial charge is 0.126 e. The maximum absolute atomic E-state index is 12.9. The molecule has 4 heteroatoms. The fourth-order valence-corrected chi connectivity index (χ4v) is 1.71. The van der Waals surface area contributed by atoms with Gasteiger partial charge in [0.1, 0.15) is 11.6 Å². The topological polar surface area (TPSA) is 38.0 Å². The monoisotopic (exact) mass is 248 g/mol. The molecule has 0 spiro atoms. The van der Waals surface area contributed by atoms with Gasteiger partial charge in [-0.1, -0.05) is 0 Å². The van der Waals surface area contributed by atoms with Crippen LogP contribution >= 0.6 is 0 Å². The van der Waals surface area contributed by atoms with Crippen LogP contribution in [-0.2, 0) is 6.42 Å². The first-order valence-electron chi connectivity index (χ1n) is 5.68. The van der Waals surface area contributed by atoms with Gasteiger partial charge in [0.2, 0.25) is 0 Å². The number of hydrogen-bond acceptors (Lipinski definition) is 2.